The Kier molecular flexibility index (Phi) is 38.0. The molecule has 1 radical (unpaired) electrons. The Morgan fingerprint density at radius 3 is 0.295 bits per heavy atom. The zero-order chi connectivity index (χ0) is 36.5. The zero-order valence-corrected chi connectivity index (χ0v) is 26.8. The van der Waals surface area contributed by atoms with E-state index >= 15 is 0 Å². The third-order valence-corrected chi connectivity index (χ3v) is 2.10. The van der Waals surface area contributed by atoms with Gasteiger partial charge >= 0.3 is 62.4 Å². The first-order valence-corrected chi connectivity index (χ1v) is 16.1. The predicted octanol–water partition coefficient (Wildman–Crippen LogP) is -9.32. The maximum Gasteiger partial charge on any atom is 0.394 e. The van der Waals surface area contributed by atoms with Crippen LogP contribution in [0.25, 0.3) is 0 Å². The minimum absolute atomic E-state index is 0. The first kappa shape index (κ1) is 63.2. The monoisotopic (exact) mass is 821 g/mol. The van der Waals surface area contributed by atoms with Crippen molar-refractivity contribution in [3.05, 3.63) is 0 Å². The van der Waals surface area contributed by atoms with Crippen molar-refractivity contribution in [3.8, 4) is 0 Å². The van der Waals surface area contributed by atoms with Gasteiger partial charge in [-0.05, 0) is 0 Å². The molecular formula is C6H27AlNaO30S6. The van der Waals surface area contributed by atoms with Crippen molar-refractivity contribution in [1.29, 1.82) is 0 Å². The second-order valence-electron chi connectivity index (χ2n) is 5.63. The Morgan fingerprint density at radius 1 is 0.250 bits per heavy atom. The fourth-order valence-electron chi connectivity index (χ4n) is 1.21. The second kappa shape index (κ2) is 26.5. The molecular weight excluding hydrogens is 794 g/mol. The summed E-state index contributed by atoms with van der Waals surface area (Å²) in [6, 6.07) is 0. The Labute approximate surface area is 279 Å². The van der Waals surface area contributed by atoms with Crippen LogP contribution in [0, 0.1) is 0 Å². The van der Waals surface area contributed by atoms with Crippen molar-refractivity contribution in [3.63, 3.8) is 0 Å². The molecule has 1 fully saturated rings. The maximum atomic E-state index is 8.97. The third kappa shape index (κ3) is 122. The van der Waals surface area contributed by atoms with E-state index in [0.29, 0.717) is 0 Å². The van der Waals surface area contributed by atoms with Crippen LogP contribution in [0.5, 0.6) is 0 Å². The van der Waals surface area contributed by atoms with Gasteiger partial charge in [0.1, 0.15) is 36.6 Å². The molecule has 0 aromatic rings. The zero-order valence-electron chi connectivity index (χ0n) is 19.9. The summed E-state index contributed by atoms with van der Waals surface area (Å²) < 4.78 is 190. The Bertz CT molecular complexity index is 1030. The molecule has 0 aromatic carbocycles. The van der Waals surface area contributed by atoms with Crippen molar-refractivity contribution in [2.24, 2.45) is 0 Å². The van der Waals surface area contributed by atoms with Gasteiger partial charge in [0.15, 0.2) is 17.4 Å². The molecule has 0 aliphatic heterocycles. The van der Waals surface area contributed by atoms with E-state index in [-0.39, 0.29) is 46.9 Å². The van der Waals surface area contributed by atoms with Gasteiger partial charge in [-0.15, -0.1) is 0 Å². The van der Waals surface area contributed by atoms with Crippen LogP contribution in [0.1, 0.15) is 0 Å². The van der Waals surface area contributed by atoms with Crippen molar-refractivity contribution < 1.29 is 136 Å². The Balaban J connectivity index is -0.0000000594. The van der Waals surface area contributed by atoms with Crippen LogP contribution in [-0.4, -0.2) is 219 Å². The number of hydrogen-bond acceptors (Lipinski definition) is 18. The van der Waals surface area contributed by atoms with Crippen LogP contribution in [-0.2, 0) is 62.4 Å². The molecule has 1 saturated carbocycles. The summed E-state index contributed by atoms with van der Waals surface area (Å²) in [5, 5.41) is 53.8. The summed E-state index contributed by atoms with van der Waals surface area (Å²) in [7, 11) is -28.0. The van der Waals surface area contributed by atoms with E-state index < -0.39 is 99.0 Å². The van der Waals surface area contributed by atoms with E-state index in [2.05, 4.69) is 0 Å². The molecule has 38 heteroatoms. The number of aliphatic hydroxyl groups is 6. The van der Waals surface area contributed by atoms with Crippen molar-refractivity contribution in [1.82, 2.24) is 0 Å². The van der Waals surface area contributed by atoms with E-state index in [1.54, 1.807) is 0 Å². The molecule has 0 unspecified atom stereocenters. The second-order valence-corrected chi connectivity index (χ2v) is 11.0. The van der Waals surface area contributed by atoms with Crippen LogP contribution in [0.3, 0.4) is 0 Å². The molecule has 271 valence electrons. The minimum Gasteiger partial charge on any atom is -0.387 e. The number of rotatable bonds is 0. The first-order valence-electron chi connectivity index (χ1n) is 7.74. The molecule has 0 aromatic heterocycles. The fraction of sp³-hybridized carbons (Fsp3) is 1.00. The van der Waals surface area contributed by atoms with E-state index in [0.717, 1.165) is 0 Å². The van der Waals surface area contributed by atoms with Crippen LogP contribution < -0.4 is 0 Å². The smallest absolute Gasteiger partial charge is 0.387 e. The normalized spacial score (nSPS) is 23.0. The minimum atomic E-state index is -4.67. The van der Waals surface area contributed by atoms with Gasteiger partial charge in [-0.25, -0.2) is 0 Å². The van der Waals surface area contributed by atoms with Gasteiger partial charge in [-0.1, -0.05) is 0 Å². The molecule has 1 aliphatic carbocycles. The molecule has 18 N–H and O–H groups in total. The Hall–Kier alpha value is 0.512. The fourth-order valence-corrected chi connectivity index (χ4v) is 1.21. The van der Waals surface area contributed by atoms with Gasteiger partial charge in [-0.3, -0.25) is 54.6 Å². The van der Waals surface area contributed by atoms with Crippen molar-refractivity contribution in [2.75, 3.05) is 0 Å². The average Bonchev–Trinajstić information content (AvgIpc) is 2.55. The van der Waals surface area contributed by atoms with Gasteiger partial charge in [0, 0.05) is 29.6 Å². The molecule has 0 atom stereocenters. The number of hydrogen-bond donors (Lipinski definition) is 18. The predicted molar refractivity (Wildman–Crippen MR) is 137 cm³/mol. The first-order chi connectivity index (χ1) is 17.5. The molecule has 0 amide bonds. The molecule has 44 heavy (non-hydrogen) atoms. The van der Waals surface area contributed by atoms with Crippen molar-refractivity contribution in [2.45, 2.75) is 36.6 Å². The maximum absolute atomic E-state index is 8.97. The quantitative estimate of drug-likeness (QED) is 0.0796. The van der Waals surface area contributed by atoms with Gasteiger partial charge in [0.2, 0.25) is 0 Å². The summed E-state index contributed by atoms with van der Waals surface area (Å²) in [4.78, 5) is 0. The summed E-state index contributed by atoms with van der Waals surface area (Å²) in [5.74, 6) is 0. The van der Waals surface area contributed by atoms with E-state index in [1.165, 1.54) is 0 Å². The van der Waals surface area contributed by atoms with Crippen LogP contribution in [0.4, 0.5) is 0 Å². The van der Waals surface area contributed by atoms with E-state index in [4.69, 9.17) is 136 Å². The molecule has 0 saturated heterocycles. The SMILES string of the molecule is O=S(=O)(O)O.O=S(=O)(O)O.O=S(=O)(O)O.O=S(=O)(O)O.O=S(=O)(O)O.O=S(=O)(O)O.OC1C(O)C(O)C(O)C(O)C1O.[AlH3].[Na]. The number of aliphatic hydroxyl groups excluding tert-OH is 6. The molecule has 0 bridgehead atoms. The molecule has 1 rings (SSSR count). The van der Waals surface area contributed by atoms with Crippen molar-refractivity contribution >= 4 is 109 Å². The van der Waals surface area contributed by atoms with Gasteiger partial charge < -0.3 is 30.6 Å². The van der Waals surface area contributed by atoms with Gasteiger partial charge in [-0.2, -0.15) is 50.5 Å². The average molecular weight is 822 g/mol. The van der Waals surface area contributed by atoms with Crippen LogP contribution in [0.2, 0.25) is 0 Å². The summed E-state index contributed by atoms with van der Waals surface area (Å²) in [6.45, 7) is 0. The molecule has 0 heterocycles. The summed E-state index contributed by atoms with van der Waals surface area (Å²) in [6.07, 6.45) is -9.84. The Morgan fingerprint density at radius 2 is 0.273 bits per heavy atom. The molecule has 1 aliphatic rings. The summed E-state index contributed by atoms with van der Waals surface area (Å²) >= 11 is 0. The van der Waals surface area contributed by atoms with Crippen LogP contribution in [0.15, 0.2) is 0 Å². The third-order valence-electron chi connectivity index (χ3n) is 2.10. The standard InChI is InChI=1S/C6H12O6.Al.Na.6H2O4S.3H/c7-1-2(8)4(10)6(12)5(11)3(1)9;;;6*1-5(2,3)4;;;/h1-12H;;;6*(H2,1,2,3,4);;;. The van der Waals surface area contributed by atoms with Gasteiger partial charge in [0.25, 0.3) is 0 Å². The largest absolute Gasteiger partial charge is 0.394 e. The molecule has 0 spiro atoms. The van der Waals surface area contributed by atoms with E-state index in [1.807, 2.05) is 0 Å². The molecule has 30 nitrogen and oxygen atoms in total. The van der Waals surface area contributed by atoms with Gasteiger partial charge in [0.05, 0.1) is 0 Å². The van der Waals surface area contributed by atoms with Crippen LogP contribution >= 0.6 is 0 Å². The van der Waals surface area contributed by atoms with E-state index in [9.17, 15) is 0 Å². The summed E-state index contributed by atoms with van der Waals surface area (Å²) in [5.41, 5.74) is 0. The topological polar surface area (TPSA) is 569 Å².